The van der Waals surface area contributed by atoms with E-state index in [1.54, 1.807) is 12.1 Å². The average molecular weight is 433 g/mol. The van der Waals surface area contributed by atoms with Crippen molar-refractivity contribution in [3.63, 3.8) is 0 Å². The van der Waals surface area contributed by atoms with Gasteiger partial charge in [-0.25, -0.2) is 4.79 Å². The molecule has 0 bridgehead atoms. The molecule has 1 atom stereocenters. The van der Waals surface area contributed by atoms with E-state index in [-0.39, 0.29) is 17.1 Å². The third kappa shape index (κ3) is 3.64. The summed E-state index contributed by atoms with van der Waals surface area (Å²) >= 11 is 11.7. The predicted octanol–water partition coefficient (Wildman–Crippen LogP) is 6.05. The van der Waals surface area contributed by atoms with Crippen LogP contribution in [0.4, 0.5) is 13.2 Å². The van der Waals surface area contributed by atoms with Crippen LogP contribution in [-0.4, -0.2) is 22.3 Å². The SMILES string of the molecule is CCc1ccc(Oc2ccc3c(c2)OC(Cl)(C(F)(F)F)C(C(=O)O)=C3)c(Cl)c1. The van der Waals surface area contributed by atoms with Crippen molar-refractivity contribution in [3.8, 4) is 17.2 Å². The Labute approximate surface area is 168 Å². The first-order valence-corrected chi connectivity index (χ1v) is 8.81. The molecule has 2 aromatic carbocycles. The molecular weight excluding hydrogens is 420 g/mol. The minimum Gasteiger partial charge on any atom is -0.478 e. The number of benzene rings is 2. The smallest absolute Gasteiger partial charge is 0.448 e. The summed E-state index contributed by atoms with van der Waals surface area (Å²) in [5.41, 5.74) is -0.00620. The first-order valence-electron chi connectivity index (χ1n) is 8.05. The van der Waals surface area contributed by atoms with Gasteiger partial charge in [-0.1, -0.05) is 36.2 Å². The maximum atomic E-state index is 13.4. The van der Waals surface area contributed by atoms with Crippen LogP contribution in [0.25, 0.3) is 6.08 Å². The number of hydrogen-bond acceptors (Lipinski definition) is 3. The molecule has 2 aromatic rings. The summed E-state index contributed by atoms with van der Waals surface area (Å²) in [5.74, 6) is -1.64. The number of carboxylic acid groups (broad SMARTS) is 1. The molecule has 1 aliphatic heterocycles. The van der Waals surface area contributed by atoms with Crippen molar-refractivity contribution in [2.24, 2.45) is 0 Å². The van der Waals surface area contributed by atoms with Gasteiger partial charge in [-0.05, 0) is 42.3 Å². The second-order valence-electron chi connectivity index (χ2n) is 5.98. The summed E-state index contributed by atoms with van der Waals surface area (Å²) in [4.78, 5) is 11.3. The molecule has 0 spiro atoms. The van der Waals surface area contributed by atoms with Crippen LogP contribution in [0.1, 0.15) is 18.1 Å². The fourth-order valence-electron chi connectivity index (χ4n) is 2.62. The second-order valence-corrected chi connectivity index (χ2v) is 6.92. The van der Waals surface area contributed by atoms with E-state index in [1.807, 2.05) is 13.0 Å². The summed E-state index contributed by atoms with van der Waals surface area (Å²) in [5, 5.41) is 5.95. The van der Waals surface area contributed by atoms with Gasteiger partial charge < -0.3 is 14.6 Å². The predicted molar refractivity (Wildman–Crippen MR) is 98.2 cm³/mol. The molecule has 4 nitrogen and oxygen atoms in total. The van der Waals surface area contributed by atoms with Gasteiger partial charge in [-0.3, -0.25) is 0 Å². The van der Waals surface area contributed by atoms with Crippen LogP contribution >= 0.6 is 23.2 Å². The Hall–Kier alpha value is -2.38. The quantitative estimate of drug-likeness (QED) is 0.597. The average Bonchev–Trinajstić information content (AvgIpc) is 2.61. The fourth-order valence-corrected chi connectivity index (χ4v) is 3.08. The van der Waals surface area contributed by atoms with Crippen molar-refractivity contribution in [1.82, 2.24) is 0 Å². The maximum Gasteiger partial charge on any atom is 0.448 e. The number of halogens is 5. The van der Waals surface area contributed by atoms with Gasteiger partial charge in [0.05, 0.1) is 5.02 Å². The minimum atomic E-state index is -5.16. The van der Waals surface area contributed by atoms with Crippen molar-refractivity contribution >= 4 is 35.2 Å². The Balaban J connectivity index is 1.98. The lowest BCUT2D eigenvalue weighted by Crippen LogP contribution is -2.50. The summed E-state index contributed by atoms with van der Waals surface area (Å²) in [6.45, 7) is 1.96. The number of alkyl halides is 4. The number of rotatable bonds is 4. The molecule has 28 heavy (non-hydrogen) atoms. The van der Waals surface area contributed by atoms with E-state index in [9.17, 15) is 18.0 Å². The number of aliphatic carboxylic acids is 1. The highest BCUT2D eigenvalue weighted by Crippen LogP contribution is 2.48. The summed E-state index contributed by atoms with van der Waals surface area (Å²) in [7, 11) is 0. The highest BCUT2D eigenvalue weighted by molar-refractivity contribution is 6.32. The molecule has 1 unspecified atom stereocenters. The van der Waals surface area contributed by atoms with Crippen molar-refractivity contribution < 1.29 is 32.5 Å². The van der Waals surface area contributed by atoms with Crippen LogP contribution in [0.2, 0.25) is 5.02 Å². The van der Waals surface area contributed by atoms with Gasteiger partial charge in [0.25, 0.3) is 0 Å². The van der Waals surface area contributed by atoms with Crippen molar-refractivity contribution in [3.05, 3.63) is 58.1 Å². The molecule has 1 heterocycles. The molecule has 0 saturated heterocycles. The highest BCUT2D eigenvalue weighted by Gasteiger charge is 2.62. The van der Waals surface area contributed by atoms with E-state index in [0.717, 1.165) is 18.1 Å². The van der Waals surface area contributed by atoms with Crippen molar-refractivity contribution in [2.45, 2.75) is 24.6 Å². The third-order valence-electron chi connectivity index (χ3n) is 4.11. The molecule has 0 aromatic heterocycles. The number of aryl methyl sites for hydroxylation is 1. The van der Waals surface area contributed by atoms with Crippen LogP contribution in [0.3, 0.4) is 0 Å². The topological polar surface area (TPSA) is 55.8 Å². The van der Waals surface area contributed by atoms with Gasteiger partial charge in [-0.2, -0.15) is 13.2 Å². The largest absolute Gasteiger partial charge is 0.478 e. The van der Waals surface area contributed by atoms with Gasteiger partial charge in [-0.15, -0.1) is 0 Å². The lowest BCUT2D eigenvalue weighted by atomic mass is 10.0. The van der Waals surface area contributed by atoms with Crippen LogP contribution in [0.15, 0.2) is 42.0 Å². The lowest BCUT2D eigenvalue weighted by molar-refractivity contribution is -0.204. The van der Waals surface area contributed by atoms with Gasteiger partial charge in [0.1, 0.15) is 22.8 Å². The molecule has 1 N–H and O–H groups in total. The molecule has 148 valence electrons. The minimum absolute atomic E-state index is 0.123. The number of carboxylic acids is 1. The van der Waals surface area contributed by atoms with Crippen molar-refractivity contribution in [1.29, 1.82) is 0 Å². The summed E-state index contributed by atoms with van der Waals surface area (Å²) in [6, 6.07) is 9.20. The van der Waals surface area contributed by atoms with Gasteiger partial charge in [0, 0.05) is 11.6 Å². The maximum absolute atomic E-state index is 13.4. The monoisotopic (exact) mass is 432 g/mol. The summed E-state index contributed by atoms with van der Waals surface area (Å²) in [6.07, 6.45) is -3.55. The fraction of sp³-hybridized carbons (Fsp3) is 0.211. The van der Waals surface area contributed by atoms with E-state index in [2.05, 4.69) is 0 Å². The van der Waals surface area contributed by atoms with Gasteiger partial charge in [0.2, 0.25) is 0 Å². The zero-order chi connectivity index (χ0) is 20.7. The number of carbonyl (C=O) groups is 1. The molecule has 0 saturated carbocycles. The highest BCUT2D eigenvalue weighted by atomic mass is 35.5. The Kier molecular flexibility index (Phi) is 5.25. The molecule has 0 radical (unpaired) electrons. The van der Waals surface area contributed by atoms with Crippen LogP contribution in [0.5, 0.6) is 17.2 Å². The first kappa shape index (κ1) is 20.4. The first-order chi connectivity index (χ1) is 13.0. The second kappa shape index (κ2) is 7.22. The Bertz CT molecular complexity index is 972. The Morgan fingerprint density at radius 3 is 2.54 bits per heavy atom. The molecule has 0 amide bonds. The van der Waals surface area contributed by atoms with Crippen LogP contribution in [0, 0.1) is 0 Å². The standard InChI is InChI=1S/C19H13Cl2F3O4/c1-2-10-3-6-15(14(20)7-10)27-12-5-4-11-8-13(17(25)26)18(21,19(22,23)24)28-16(11)9-12/h3-9H,2H2,1H3,(H,25,26). The van der Waals surface area contributed by atoms with Crippen molar-refractivity contribution in [2.75, 3.05) is 0 Å². The van der Waals surface area contributed by atoms with E-state index >= 15 is 0 Å². The van der Waals surface area contributed by atoms with Crippen LogP contribution < -0.4 is 9.47 Å². The van der Waals surface area contributed by atoms with Crippen LogP contribution in [-0.2, 0) is 11.2 Å². The Morgan fingerprint density at radius 2 is 1.96 bits per heavy atom. The lowest BCUT2D eigenvalue weighted by Gasteiger charge is -2.34. The molecule has 0 aliphatic carbocycles. The van der Waals surface area contributed by atoms with E-state index < -0.39 is 22.8 Å². The molecular formula is C19H13Cl2F3O4. The summed E-state index contributed by atoms with van der Waals surface area (Å²) < 4.78 is 50.7. The molecule has 3 rings (SSSR count). The Morgan fingerprint density at radius 1 is 1.25 bits per heavy atom. The molecule has 9 heteroatoms. The zero-order valence-electron chi connectivity index (χ0n) is 14.3. The molecule has 0 fully saturated rings. The normalized spacial score (nSPS) is 18.7. The zero-order valence-corrected chi connectivity index (χ0v) is 15.8. The van der Waals surface area contributed by atoms with E-state index in [0.29, 0.717) is 10.8 Å². The number of fused-ring (bicyclic) bond motifs is 1. The number of ether oxygens (including phenoxy) is 2. The third-order valence-corrected chi connectivity index (χ3v) is 4.90. The molecule has 1 aliphatic rings. The van der Waals surface area contributed by atoms with E-state index in [1.165, 1.54) is 18.2 Å². The van der Waals surface area contributed by atoms with E-state index in [4.69, 9.17) is 37.8 Å². The van der Waals surface area contributed by atoms with Gasteiger partial charge in [0.15, 0.2) is 0 Å². The van der Waals surface area contributed by atoms with Gasteiger partial charge >= 0.3 is 17.2 Å². The number of hydrogen-bond donors (Lipinski definition) is 1.